The molecule has 10 heteroatoms. The Hall–Kier alpha value is -3.53. The van der Waals surface area contributed by atoms with E-state index in [9.17, 15) is 9.59 Å². The minimum atomic E-state index is -0.592. The number of nitrogens with one attached hydrogen (secondary N) is 1. The van der Waals surface area contributed by atoms with Crippen LogP contribution in [0.1, 0.15) is 41.6 Å². The number of amides is 1. The summed E-state index contributed by atoms with van der Waals surface area (Å²) in [5, 5.41) is 13.3. The Morgan fingerprint density at radius 1 is 1.30 bits per heavy atom. The zero-order valence-electron chi connectivity index (χ0n) is 16.7. The van der Waals surface area contributed by atoms with Gasteiger partial charge in [-0.05, 0) is 38.3 Å². The van der Waals surface area contributed by atoms with Crippen LogP contribution in [0.25, 0.3) is 16.2 Å². The van der Waals surface area contributed by atoms with E-state index in [-0.39, 0.29) is 17.5 Å². The molecule has 1 amide bonds. The Morgan fingerprint density at radius 2 is 2.13 bits per heavy atom. The summed E-state index contributed by atoms with van der Waals surface area (Å²) in [4.78, 5) is 30.7. The Labute approximate surface area is 176 Å². The number of thiophene rings is 1. The van der Waals surface area contributed by atoms with E-state index in [0.717, 1.165) is 10.6 Å². The third-order valence-corrected chi connectivity index (χ3v) is 5.18. The van der Waals surface area contributed by atoms with E-state index >= 15 is 0 Å². The van der Waals surface area contributed by atoms with Crippen molar-refractivity contribution in [3.05, 3.63) is 53.4 Å². The molecule has 1 N–H and O–H groups in total. The van der Waals surface area contributed by atoms with Gasteiger partial charge in [0.1, 0.15) is 5.56 Å². The Bertz CT molecular complexity index is 1210. The lowest BCUT2D eigenvalue weighted by Gasteiger charge is -2.08. The van der Waals surface area contributed by atoms with Crippen LogP contribution < -0.4 is 5.32 Å². The molecular formula is C20H20N6O3S. The number of aryl methyl sites for hydroxylation is 1. The second kappa shape index (κ2) is 8.07. The second-order valence-corrected chi connectivity index (χ2v) is 7.70. The van der Waals surface area contributed by atoms with Crippen LogP contribution in [0.3, 0.4) is 0 Å². The number of carbonyl (C=O) groups is 2. The fourth-order valence-electron chi connectivity index (χ4n) is 2.95. The van der Waals surface area contributed by atoms with E-state index in [0.29, 0.717) is 17.8 Å². The van der Waals surface area contributed by atoms with Crippen LogP contribution in [0.2, 0.25) is 0 Å². The number of hydrogen-bond acceptors (Lipinski definition) is 7. The largest absolute Gasteiger partial charge is 0.458 e. The van der Waals surface area contributed by atoms with Crippen LogP contribution in [0.4, 0.5) is 5.69 Å². The summed E-state index contributed by atoms with van der Waals surface area (Å²) in [6.07, 6.45) is 4.41. The molecule has 0 aromatic carbocycles. The molecule has 9 nitrogen and oxygen atoms in total. The van der Waals surface area contributed by atoms with Crippen LogP contribution in [-0.2, 0) is 11.3 Å². The summed E-state index contributed by atoms with van der Waals surface area (Å²) in [5.41, 5.74) is 1.89. The number of ether oxygens (including phenoxy) is 1. The molecule has 154 valence electrons. The lowest BCUT2D eigenvalue weighted by molar-refractivity contribution is 0.0371. The highest BCUT2D eigenvalue weighted by Crippen LogP contribution is 2.26. The number of carbonyl (C=O) groups excluding carboxylic acids is 2. The van der Waals surface area contributed by atoms with Crippen LogP contribution >= 0.6 is 11.3 Å². The highest BCUT2D eigenvalue weighted by atomic mass is 32.1. The molecule has 0 unspecified atom stereocenters. The quantitative estimate of drug-likeness (QED) is 0.475. The van der Waals surface area contributed by atoms with Crippen molar-refractivity contribution in [3.8, 4) is 10.6 Å². The summed E-state index contributed by atoms with van der Waals surface area (Å²) in [6, 6.07) is 5.78. The van der Waals surface area contributed by atoms with Crippen LogP contribution in [0.5, 0.6) is 0 Å². The monoisotopic (exact) mass is 424 g/mol. The third-order valence-electron chi connectivity index (χ3n) is 4.29. The fraction of sp³-hybridized carbons (Fsp3) is 0.250. The normalized spacial score (nSPS) is 11.2. The van der Waals surface area contributed by atoms with Gasteiger partial charge in [-0.1, -0.05) is 6.07 Å². The predicted octanol–water partition coefficient (Wildman–Crippen LogP) is 3.49. The minimum absolute atomic E-state index is 0.0580. The topological polar surface area (TPSA) is 103 Å². The molecule has 0 spiro atoms. The molecule has 0 fully saturated rings. The summed E-state index contributed by atoms with van der Waals surface area (Å²) >= 11 is 1.57. The van der Waals surface area contributed by atoms with Crippen molar-refractivity contribution in [1.82, 2.24) is 24.4 Å². The van der Waals surface area contributed by atoms with Gasteiger partial charge in [0.2, 0.25) is 0 Å². The number of hydrogen-bond donors (Lipinski definition) is 1. The highest BCUT2D eigenvalue weighted by molar-refractivity contribution is 7.13. The Morgan fingerprint density at radius 3 is 2.83 bits per heavy atom. The molecule has 0 atom stereocenters. The predicted molar refractivity (Wildman–Crippen MR) is 113 cm³/mol. The van der Waals surface area contributed by atoms with Crippen molar-refractivity contribution >= 4 is 34.5 Å². The smallest absolute Gasteiger partial charge is 0.361 e. The van der Waals surface area contributed by atoms with E-state index in [4.69, 9.17) is 4.74 Å². The van der Waals surface area contributed by atoms with Gasteiger partial charge in [-0.15, -0.1) is 11.3 Å². The molecule has 4 heterocycles. The number of rotatable bonds is 6. The van der Waals surface area contributed by atoms with Crippen molar-refractivity contribution in [2.45, 2.75) is 33.4 Å². The van der Waals surface area contributed by atoms with Crippen molar-refractivity contribution in [3.63, 3.8) is 0 Å². The maximum Gasteiger partial charge on any atom is 0.361 e. The van der Waals surface area contributed by atoms with Gasteiger partial charge in [-0.3, -0.25) is 9.48 Å². The van der Waals surface area contributed by atoms with Crippen molar-refractivity contribution in [2.24, 2.45) is 0 Å². The van der Waals surface area contributed by atoms with Gasteiger partial charge in [0.25, 0.3) is 5.91 Å². The maximum atomic E-state index is 13.0. The highest BCUT2D eigenvalue weighted by Gasteiger charge is 2.23. The van der Waals surface area contributed by atoms with Gasteiger partial charge < -0.3 is 10.1 Å². The van der Waals surface area contributed by atoms with E-state index < -0.39 is 11.9 Å². The molecule has 0 bridgehead atoms. The molecular weight excluding hydrogens is 404 g/mol. The molecule has 0 aliphatic carbocycles. The molecule has 0 saturated carbocycles. The van der Waals surface area contributed by atoms with Gasteiger partial charge in [-0.2, -0.15) is 10.2 Å². The van der Waals surface area contributed by atoms with Crippen LogP contribution in [-0.4, -0.2) is 42.4 Å². The van der Waals surface area contributed by atoms with Crippen molar-refractivity contribution in [2.75, 3.05) is 5.32 Å². The lowest BCUT2D eigenvalue weighted by atomic mass is 10.2. The first kappa shape index (κ1) is 19.8. The van der Waals surface area contributed by atoms with Gasteiger partial charge in [-0.25, -0.2) is 14.3 Å². The van der Waals surface area contributed by atoms with Gasteiger partial charge >= 0.3 is 5.97 Å². The molecule has 0 radical (unpaired) electrons. The number of esters is 1. The van der Waals surface area contributed by atoms with Gasteiger partial charge in [0.05, 0.1) is 28.6 Å². The lowest BCUT2D eigenvalue weighted by Crippen LogP contribution is -2.17. The minimum Gasteiger partial charge on any atom is -0.458 e. The Balaban J connectivity index is 1.67. The van der Waals surface area contributed by atoms with Gasteiger partial charge in [0.15, 0.2) is 11.3 Å². The average Bonchev–Trinajstić information content (AvgIpc) is 3.46. The molecule has 4 rings (SSSR count). The zero-order valence-corrected chi connectivity index (χ0v) is 17.5. The van der Waals surface area contributed by atoms with E-state index in [1.165, 1.54) is 6.20 Å². The molecule has 4 aromatic rings. The Kier molecular flexibility index (Phi) is 5.32. The maximum absolute atomic E-state index is 13.0. The number of anilines is 1. The van der Waals surface area contributed by atoms with Crippen LogP contribution in [0, 0.1) is 0 Å². The molecule has 0 saturated heterocycles. The zero-order chi connectivity index (χ0) is 21.3. The van der Waals surface area contributed by atoms with Crippen molar-refractivity contribution < 1.29 is 14.3 Å². The summed E-state index contributed by atoms with van der Waals surface area (Å²) in [5.74, 6) is -1.03. The van der Waals surface area contributed by atoms with Gasteiger partial charge in [0, 0.05) is 18.9 Å². The number of nitrogens with zero attached hydrogens (tertiary/aromatic N) is 5. The summed E-state index contributed by atoms with van der Waals surface area (Å²) in [6.45, 7) is 5.93. The number of fused-ring (bicyclic) bond motifs is 1. The van der Waals surface area contributed by atoms with E-state index in [2.05, 4.69) is 20.5 Å². The van der Waals surface area contributed by atoms with E-state index in [1.54, 1.807) is 46.8 Å². The first-order valence-corrected chi connectivity index (χ1v) is 10.3. The average molecular weight is 424 g/mol. The standard InChI is InChI=1S/C20H20N6O3S/c1-4-25-11-14(17(24-25)20(28)29-12(2)3)23-19(27)13-10-22-26-15(7-8-21-18(13)26)16-6-5-9-30-16/h5-12H,4H2,1-3H3,(H,23,27). The number of aromatic nitrogens is 5. The fourth-order valence-corrected chi connectivity index (χ4v) is 3.68. The SMILES string of the molecule is CCn1cc(NC(=O)c2cnn3c(-c4cccs4)ccnc23)c(C(=O)OC(C)C)n1. The summed E-state index contributed by atoms with van der Waals surface area (Å²) in [7, 11) is 0. The van der Waals surface area contributed by atoms with Crippen molar-refractivity contribution in [1.29, 1.82) is 0 Å². The first-order valence-electron chi connectivity index (χ1n) is 9.44. The second-order valence-electron chi connectivity index (χ2n) is 6.76. The van der Waals surface area contributed by atoms with E-state index in [1.807, 2.05) is 30.5 Å². The molecule has 0 aliphatic heterocycles. The third kappa shape index (κ3) is 3.69. The summed E-state index contributed by atoms with van der Waals surface area (Å²) < 4.78 is 8.44. The molecule has 30 heavy (non-hydrogen) atoms. The first-order chi connectivity index (χ1) is 14.5. The molecule has 4 aromatic heterocycles. The van der Waals surface area contributed by atoms with Crippen LogP contribution in [0.15, 0.2) is 42.2 Å². The molecule has 0 aliphatic rings.